The Morgan fingerprint density at radius 2 is 2.00 bits per heavy atom. The molecule has 4 heteroatoms. The van der Waals surface area contributed by atoms with Crippen molar-refractivity contribution in [2.75, 3.05) is 32.6 Å². The number of carbonyl (C=O) groups is 1. The van der Waals surface area contributed by atoms with Crippen molar-refractivity contribution in [3.05, 3.63) is 30.3 Å². The molecule has 0 unspecified atom stereocenters. The minimum atomic E-state index is -0.398. The molecule has 1 aromatic carbocycles. The van der Waals surface area contributed by atoms with Gasteiger partial charge in [-0.05, 0) is 32.6 Å². The summed E-state index contributed by atoms with van der Waals surface area (Å²) >= 11 is 0. The normalized spacial score (nSPS) is 10.2. The number of amides is 1. The molecule has 0 saturated carbocycles. The van der Waals surface area contributed by atoms with E-state index in [-0.39, 0.29) is 0 Å². The van der Waals surface area contributed by atoms with Crippen molar-refractivity contribution < 1.29 is 9.53 Å². The van der Waals surface area contributed by atoms with E-state index < -0.39 is 6.09 Å². The number of carbonyl (C=O) groups excluding carboxylic acids is 1. The van der Waals surface area contributed by atoms with Gasteiger partial charge in [0.25, 0.3) is 0 Å². The van der Waals surface area contributed by atoms with Crippen LogP contribution >= 0.6 is 0 Å². The predicted octanol–water partition coefficient (Wildman–Crippen LogP) is 2.19. The quantitative estimate of drug-likeness (QED) is 0.776. The van der Waals surface area contributed by atoms with Gasteiger partial charge >= 0.3 is 6.09 Å². The smallest absolute Gasteiger partial charge is 0.411 e. The number of nitrogens with zero attached hydrogens (tertiary/aromatic N) is 1. The lowest BCUT2D eigenvalue weighted by molar-refractivity contribution is 0.156. The summed E-state index contributed by atoms with van der Waals surface area (Å²) in [6, 6.07) is 9.26. The molecule has 1 N–H and O–H groups in total. The third kappa shape index (κ3) is 5.36. The van der Waals surface area contributed by atoms with Crippen LogP contribution in [0.3, 0.4) is 0 Å². The van der Waals surface area contributed by atoms with Crippen LogP contribution < -0.4 is 5.32 Å². The van der Waals surface area contributed by atoms with Crippen molar-refractivity contribution >= 4 is 11.8 Å². The van der Waals surface area contributed by atoms with Crippen molar-refractivity contribution in [3.8, 4) is 0 Å². The molecule has 0 radical (unpaired) electrons. The molecule has 88 valence electrons. The van der Waals surface area contributed by atoms with E-state index in [4.69, 9.17) is 4.74 Å². The van der Waals surface area contributed by atoms with E-state index >= 15 is 0 Å². The molecule has 0 bridgehead atoms. The number of para-hydroxylation sites is 1. The number of benzene rings is 1. The average Bonchev–Trinajstić information content (AvgIpc) is 2.25. The third-order valence-corrected chi connectivity index (χ3v) is 2.00. The maximum Gasteiger partial charge on any atom is 0.411 e. The van der Waals surface area contributed by atoms with Crippen LogP contribution in [-0.4, -0.2) is 38.2 Å². The number of rotatable bonds is 5. The van der Waals surface area contributed by atoms with Gasteiger partial charge in [-0.1, -0.05) is 18.2 Å². The van der Waals surface area contributed by atoms with Gasteiger partial charge < -0.3 is 9.64 Å². The minimum absolute atomic E-state index is 0.398. The van der Waals surface area contributed by atoms with Crippen LogP contribution in [0, 0.1) is 0 Å². The standard InChI is InChI=1S/C12H18N2O2/c1-14(2)9-6-10-16-12(15)13-11-7-4-3-5-8-11/h3-5,7-8H,6,9-10H2,1-2H3,(H,13,15). The second kappa shape index (κ2) is 6.85. The Hall–Kier alpha value is -1.55. The zero-order chi connectivity index (χ0) is 11.8. The number of hydrogen-bond acceptors (Lipinski definition) is 3. The lowest BCUT2D eigenvalue weighted by atomic mass is 10.3. The monoisotopic (exact) mass is 222 g/mol. The molecule has 0 fully saturated rings. The third-order valence-electron chi connectivity index (χ3n) is 2.00. The molecule has 0 aliphatic heterocycles. The van der Waals surface area contributed by atoms with Gasteiger partial charge in [-0.25, -0.2) is 4.79 Å². The SMILES string of the molecule is CN(C)CCCOC(=O)Nc1ccccc1. The van der Waals surface area contributed by atoms with Crippen LogP contribution in [0.4, 0.5) is 10.5 Å². The molecular formula is C12H18N2O2. The van der Waals surface area contributed by atoms with Crippen molar-refractivity contribution in [3.63, 3.8) is 0 Å². The summed E-state index contributed by atoms with van der Waals surface area (Å²) in [6.07, 6.45) is 0.444. The van der Waals surface area contributed by atoms with Crippen LogP contribution in [0.25, 0.3) is 0 Å². The molecule has 1 amide bonds. The van der Waals surface area contributed by atoms with Gasteiger partial charge in [0.2, 0.25) is 0 Å². The van der Waals surface area contributed by atoms with Crippen LogP contribution in [0.5, 0.6) is 0 Å². The van der Waals surface area contributed by atoms with Gasteiger partial charge in [-0.3, -0.25) is 5.32 Å². The Kier molecular flexibility index (Phi) is 5.36. The molecule has 16 heavy (non-hydrogen) atoms. The van der Waals surface area contributed by atoms with E-state index in [0.29, 0.717) is 6.61 Å². The zero-order valence-corrected chi connectivity index (χ0v) is 9.77. The summed E-state index contributed by atoms with van der Waals surface area (Å²) in [5.41, 5.74) is 0.750. The predicted molar refractivity (Wildman–Crippen MR) is 64.6 cm³/mol. The highest BCUT2D eigenvalue weighted by Gasteiger charge is 2.01. The van der Waals surface area contributed by atoms with Crippen LogP contribution in [0.15, 0.2) is 30.3 Å². The fourth-order valence-corrected chi connectivity index (χ4v) is 1.22. The molecule has 0 saturated heterocycles. The average molecular weight is 222 g/mol. The van der Waals surface area contributed by atoms with E-state index in [1.807, 2.05) is 44.4 Å². The Bertz CT molecular complexity index is 312. The van der Waals surface area contributed by atoms with Gasteiger partial charge in [0.05, 0.1) is 6.61 Å². The summed E-state index contributed by atoms with van der Waals surface area (Å²) in [4.78, 5) is 13.4. The first-order chi connectivity index (χ1) is 7.68. The Morgan fingerprint density at radius 1 is 1.31 bits per heavy atom. The Morgan fingerprint density at radius 3 is 2.62 bits per heavy atom. The fraction of sp³-hybridized carbons (Fsp3) is 0.417. The summed E-state index contributed by atoms with van der Waals surface area (Å²) < 4.78 is 5.02. The largest absolute Gasteiger partial charge is 0.449 e. The van der Waals surface area contributed by atoms with Gasteiger partial charge in [0.15, 0.2) is 0 Å². The first-order valence-corrected chi connectivity index (χ1v) is 5.32. The molecule has 0 aliphatic rings. The van der Waals surface area contributed by atoms with Crippen molar-refractivity contribution in [1.82, 2.24) is 4.90 Å². The van der Waals surface area contributed by atoms with E-state index in [9.17, 15) is 4.79 Å². The van der Waals surface area contributed by atoms with Gasteiger partial charge in [-0.2, -0.15) is 0 Å². The van der Waals surface area contributed by atoms with Gasteiger partial charge in [0.1, 0.15) is 0 Å². The lowest BCUT2D eigenvalue weighted by Gasteiger charge is -2.10. The van der Waals surface area contributed by atoms with Crippen molar-refractivity contribution in [2.45, 2.75) is 6.42 Å². The Balaban J connectivity index is 2.17. The first kappa shape index (κ1) is 12.5. The summed E-state index contributed by atoms with van der Waals surface area (Å²) in [5, 5.41) is 2.66. The van der Waals surface area contributed by atoms with Crippen LogP contribution in [0.1, 0.15) is 6.42 Å². The molecular weight excluding hydrogens is 204 g/mol. The van der Waals surface area contributed by atoms with Crippen LogP contribution in [0.2, 0.25) is 0 Å². The molecule has 0 spiro atoms. The minimum Gasteiger partial charge on any atom is -0.449 e. The summed E-state index contributed by atoms with van der Waals surface area (Å²) in [6.45, 7) is 1.36. The molecule has 0 heterocycles. The van der Waals surface area contributed by atoms with E-state index in [2.05, 4.69) is 10.2 Å². The second-order valence-corrected chi connectivity index (χ2v) is 3.78. The zero-order valence-electron chi connectivity index (χ0n) is 9.77. The first-order valence-electron chi connectivity index (χ1n) is 5.32. The number of anilines is 1. The number of ether oxygens (including phenoxy) is 1. The highest BCUT2D eigenvalue weighted by atomic mass is 16.5. The molecule has 4 nitrogen and oxygen atoms in total. The fourth-order valence-electron chi connectivity index (χ4n) is 1.22. The number of hydrogen-bond donors (Lipinski definition) is 1. The van der Waals surface area contributed by atoms with Gasteiger partial charge in [-0.15, -0.1) is 0 Å². The molecule has 0 aliphatic carbocycles. The molecule has 1 aromatic rings. The number of nitrogens with one attached hydrogen (secondary N) is 1. The molecule has 0 atom stereocenters. The van der Waals surface area contributed by atoms with Crippen molar-refractivity contribution in [1.29, 1.82) is 0 Å². The highest BCUT2D eigenvalue weighted by Crippen LogP contribution is 2.05. The maximum absolute atomic E-state index is 11.3. The molecule has 0 aromatic heterocycles. The molecule has 1 rings (SSSR count). The Labute approximate surface area is 96.2 Å². The lowest BCUT2D eigenvalue weighted by Crippen LogP contribution is -2.18. The van der Waals surface area contributed by atoms with Crippen molar-refractivity contribution in [2.24, 2.45) is 0 Å². The maximum atomic E-state index is 11.3. The second-order valence-electron chi connectivity index (χ2n) is 3.78. The van der Waals surface area contributed by atoms with E-state index in [1.165, 1.54) is 0 Å². The van der Waals surface area contributed by atoms with Gasteiger partial charge in [0, 0.05) is 12.2 Å². The highest BCUT2D eigenvalue weighted by molar-refractivity contribution is 5.84. The summed E-state index contributed by atoms with van der Waals surface area (Å²) in [5.74, 6) is 0. The topological polar surface area (TPSA) is 41.6 Å². The van der Waals surface area contributed by atoms with E-state index in [1.54, 1.807) is 0 Å². The van der Waals surface area contributed by atoms with E-state index in [0.717, 1.165) is 18.7 Å². The summed E-state index contributed by atoms with van der Waals surface area (Å²) in [7, 11) is 3.98. The van der Waals surface area contributed by atoms with Crippen LogP contribution in [-0.2, 0) is 4.74 Å².